The Morgan fingerprint density at radius 3 is 2.76 bits per heavy atom. The van der Waals surface area contributed by atoms with Crippen LogP contribution in [0.5, 0.6) is 0 Å². The molecule has 2 atom stereocenters. The number of amides is 2. The van der Waals surface area contributed by atoms with E-state index in [1.165, 1.54) is 11.8 Å². The van der Waals surface area contributed by atoms with Crippen molar-refractivity contribution in [2.75, 3.05) is 10.6 Å². The standard InChI is InChI=1S/C20H22N2O2S/c1-4-14-9-7-8-12(2)17(14)22-19(23)13(3)18-20(24)21-15-10-5-6-11-16(15)25-18/h5-11,13,18H,4H2,1-3H3,(H,21,24)(H,22,23). The zero-order chi connectivity index (χ0) is 18.0. The number of nitrogens with one attached hydrogen (secondary N) is 2. The number of carbonyl (C=O) groups is 2. The molecule has 0 spiro atoms. The minimum absolute atomic E-state index is 0.119. The van der Waals surface area contributed by atoms with Gasteiger partial charge in [-0.2, -0.15) is 0 Å². The van der Waals surface area contributed by atoms with Crippen LogP contribution >= 0.6 is 11.8 Å². The second-order valence-corrected chi connectivity index (χ2v) is 7.45. The van der Waals surface area contributed by atoms with E-state index < -0.39 is 11.2 Å². The Morgan fingerprint density at radius 2 is 2.00 bits per heavy atom. The monoisotopic (exact) mass is 354 g/mol. The summed E-state index contributed by atoms with van der Waals surface area (Å²) in [6.07, 6.45) is 0.845. The molecule has 2 aromatic rings. The van der Waals surface area contributed by atoms with Crippen LogP contribution in [-0.2, 0) is 16.0 Å². The van der Waals surface area contributed by atoms with Gasteiger partial charge in [-0.25, -0.2) is 0 Å². The summed E-state index contributed by atoms with van der Waals surface area (Å²) in [6.45, 7) is 5.86. The highest BCUT2D eigenvalue weighted by molar-refractivity contribution is 8.01. The van der Waals surface area contributed by atoms with E-state index in [9.17, 15) is 9.59 Å². The molecule has 0 fully saturated rings. The van der Waals surface area contributed by atoms with Crippen molar-refractivity contribution in [2.24, 2.45) is 5.92 Å². The van der Waals surface area contributed by atoms with Crippen LogP contribution in [0.25, 0.3) is 0 Å². The fourth-order valence-electron chi connectivity index (χ4n) is 2.97. The summed E-state index contributed by atoms with van der Waals surface area (Å²) >= 11 is 1.45. The number of para-hydroxylation sites is 2. The second-order valence-electron chi connectivity index (χ2n) is 6.26. The summed E-state index contributed by atoms with van der Waals surface area (Å²) in [7, 11) is 0. The van der Waals surface area contributed by atoms with E-state index in [2.05, 4.69) is 17.6 Å². The Balaban J connectivity index is 1.79. The minimum atomic E-state index is -0.442. The van der Waals surface area contributed by atoms with Crippen LogP contribution < -0.4 is 10.6 Å². The number of rotatable bonds is 4. The summed E-state index contributed by atoms with van der Waals surface area (Å²) in [6, 6.07) is 13.7. The highest BCUT2D eigenvalue weighted by atomic mass is 32.2. The third-order valence-corrected chi connectivity index (χ3v) is 6.00. The maximum absolute atomic E-state index is 12.8. The molecule has 1 aliphatic heterocycles. The van der Waals surface area contributed by atoms with Crippen molar-refractivity contribution in [3.05, 3.63) is 53.6 Å². The largest absolute Gasteiger partial charge is 0.325 e. The third-order valence-electron chi connectivity index (χ3n) is 4.51. The van der Waals surface area contributed by atoms with Crippen LogP contribution in [0.1, 0.15) is 25.0 Å². The molecule has 0 radical (unpaired) electrons. The van der Waals surface area contributed by atoms with Gasteiger partial charge in [0.25, 0.3) is 0 Å². The lowest BCUT2D eigenvalue weighted by Crippen LogP contribution is -2.39. The Hall–Kier alpha value is -2.27. The van der Waals surface area contributed by atoms with Gasteiger partial charge in [0.1, 0.15) is 0 Å². The van der Waals surface area contributed by atoms with Crippen LogP contribution in [0, 0.1) is 12.8 Å². The van der Waals surface area contributed by atoms with Crippen LogP contribution in [0.2, 0.25) is 0 Å². The van der Waals surface area contributed by atoms with E-state index in [0.29, 0.717) is 0 Å². The predicted octanol–water partition coefficient (Wildman–Crippen LogP) is 4.25. The average Bonchev–Trinajstić information content (AvgIpc) is 2.62. The SMILES string of the molecule is CCc1cccc(C)c1NC(=O)C(C)C1Sc2ccccc2NC1=O. The lowest BCUT2D eigenvalue weighted by atomic mass is 10.0. The first kappa shape index (κ1) is 17.5. The smallest absolute Gasteiger partial charge is 0.238 e. The van der Waals surface area contributed by atoms with Gasteiger partial charge in [0.05, 0.1) is 16.9 Å². The molecule has 3 rings (SSSR count). The van der Waals surface area contributed by atoms with Gasteiger partial charge >= 0.3 is 0 Å². The number of thioether (sulfide) groups is 1. The fourth-order valence-corrected chi connectivity index (χ4v) is 4.14. The zero-order valence-corrected chi connectivity index (χ0v) is 15.4. The van der Waals surface area contributed by atoms with Gasteiger partial charge in [-0.1, -0.05) is 44.2 Å². The van der Waals surface area contributed by atoms with Crippen molar-refractivity contribution >= 4 is 35.0 Å². The molecule has 2 N–H and O–H groups in total. The normalized spacial score (nSPS) is 17.4. The molecule has 5 heteroatoms. The van der Waals surface area contributed by atoms with Crippen molar-refractivity contribution in [3.8, 4) is 0 Å². The van der Waals surface area contributed by atoms with Crippen molar-refractivity contribution in [1.29, 1.82) is 0 Å². The summed E-state index contributed by atoms with van der Waals surface area (Å²) in [5.41, 5.74) is 3.81. The molecule has 130 valence electrons. The first-order chi connectivity index (χ1) is 12.0. The number of benzene rings is 2. The van der Waals surface area contributed by atoms with Gasteiger partial charge in [0.15, 0.2) is 0 Å². The van der Waals surface area contributed by atoms with Gasteiger partial charge < -0.3 is 10.6 Å². The highest BCUT2D eigenvalue weighted by Crippen LogP contribution is 2.38. The molecule has 0 aromatic heterocycles. The van der Waals surface area contributed by atoms with Gasteiger partial charge in [0.2, 0.25) is 11.8 Å². The number of hydrogen-bond acceptors (Lipinski definition) is 3. The predicted molar refractivity (Wildman–Crippen MR) is 103 cm³/mol. The topological polar surface area (TPSA) is 58.2 Å². The molecule has 4 nitrogen and oxygen atoms in total. The molecule has 0 saturated carbocycles. The van der Waals surface area contributed by atoms with Crippen molar-refractivity contribution < 1.29 is 9.59 Å². The van der Waals surface area contributed by atoms with E-state index in [-0.39, 0.29) is 11.8 Å². The minimum Gasteiger partial charge on any atom is -0.325 e. The maximum Gasteiger partial charge on any atom is 0.238 e. The van der Waals surface area contributed by atoms with E-state index in [1.54, 1.807) is 0 Å². The molecule has 0 saturated heterocycles. The molecule has 2 amide bonds. The summed E-state index contributed by atoms with van der Waals surface area (Å²) < 4.78 is 0. The van der Waals surface area contributed by atoms with E-state index in [0.717, 1.165) is 33.8 Å². The number of hydrogen-bond donors (Lipinski definition) is 2. The van der Waals surface area contributed by atoms with Crippen LogP contribution in [0.4, 0.5) is 11.4 Å². The number of aryl methyl sites for hydroxylation is 2. The first-order valence-corrected chi connectivity index (χ1v) is 9.35. The molecule has 25 heavy (non-hydrogen) atoms. The fraction of sp³-hybridized carbons (Fsp3) is 0.300. The molecule has 1 aliphatic rings. The Bertz CT molecular complexity index is 819. The second kappa shape index (κ2) is 7.31. The van der Waals surface area contributed by atoms with Crippen LogP contribution in [0.15, 0.2) is 47.4 Å². The molecular formula is C20H22N2O2S. The molecule has 0 aliphatic carbocycles. The molecular weight excluding hydrogens is 332 g/mol. The third kappa shape index (κ3) is 3.56. The van der Waals surface area contributed by atoms with E-state index >= 15 is 0 Å². The molecule has 2 unspecified atom stereocenters. The zero-order valence-electron chi connectivity index (χ0n) is 14.6. The van der Waals surface area contributed by atoms with Gasteiger partial charge in [-0.3, -0.25) is 9.59 Å². The summed E-state index contributed by atoms with van der Waals surface area (Å²) in [4.78, 5) is 26.2. The van der Waals surface area contributed by atoms with Gasteiger partial charge in [-0.05, 0) is 36.6 Å². The summed E-state index contributed by atoms with van der Waals surface area (Å²) in [5, 5.41) is 5.50. The first-order valence-electron chi connectivity index (χ1n) is 8.47. The molecule has 2 aromatic carbocycles. The Kier molecular flexibility index (Phi) is 5.13. The average molecular weight is 354 g/mol. The number of anilines is 2. The molecule has 0 bridgehead atoms. The quantitative estimate of drug-likeness (QED) is 0.863. The van der Waals surface area contributed by atoms with Gasteiger partial charge in [0, 0.05) is 10.6 Å². The lowest BCUT2D eigenvalue weighted by Gasteiger charge is -2.28. The summed E-state index contributed by atoms with van der Waals surface area (Å²) in [5.74, 6) is -0.689. The number of carbonyl (C=O) groups excluding carboxylic acids is 2. The van der Waals surface area contributed by atoms with Gasteiger partial charge in [-0.15, -0.1) is 11.8 Å². The Morgan fingerprint density at radius 1 is 1.24 bits per heavy atom. The van der Waals surface area contributed by atoms with Crippen LogP contribution in [-0.4, -0.2) is 17.1 Å². The maximum atomic E-state index is 12.8. The van der Waals surface area contributed by atoms with Crippen molar-refractivity contribution in [3.63, 3.8) is 0 Å². The molecule has 1 heterocycles. The van der Waals surface area contributed by atoms with Crippen LogP contribution in [0.3, 0.4) is 0 Å². The number of fused-ring (bicyclic) bond motifs is 1. The van der Waals surface area contributed by atoms with E-state index in [1.807, 2.05) is 56.3 Å². The Labute approximate surface area is 152 Å². The van der Waals surface area contributed by atoms with E-state index in [4.69, 9.17) is 0 Å². The lowest BCUT2D eigenvalue weighted by molar-refractivity contribution is -0.123. The van der Waals surface area contributed by atoms with Crippen molar-refractivity contribution in [2.45, 2.75) is 37.3 Å². The van der Waals surface area contributed by atoms with Crippen molar-refractivity contribution in [1.82, 2.24) is 0 Å². The highest BCUT2D eigenvalue weighted by Gasteiger charge is 2.35.